The van der Waals surface area contributed by atoms with Crippen molar-refractivity contribution in [2.24, 2.45) is 0 Å². The molecule has 3 aromatic carbocycles. The Morgan fingerprint density at radius 3 is 2.36 bits per heavy atom. The van der Waals surface area contributed by atoms with Gasteiger partial charge in [0, 0.05) is 21.9 Å². The van der Waals surface area contributed by atoms with Gasteiger partial charge in [0.2, 0.25) is 0 Å². The molecule has 0 aliphatic carbocycles. The molecule has 5 rings (SSSR count). The smallest absolute Gasteiger partial charge is 0.163 e. The third kappa shape index (κ3) is 2.35. The lowest BCUT2D eigenvalue weighted by Crippen LogP contribution is -1.95. The lowest BCUT2D eigenvalue weighted by atomic mass is 10.0. The summed E-state index contributed by atoms with van der Waals surface area (Å²) < 4.78 is 5.61. The SMILES string of the molecule is c1ccc(-c2ncnc(-c3ccc4c(ccc5ccoc54)c3)n2)cc1. The zero-order valence-corrected chi connectivity index (χ0v) is 13.3. The molecule has 0 N–H and O–H groups in total. The highest BCUT2D eigenvalue weighted by atomic mass is 16.3. The van der Waals surface area contributed by atoms with Crippen LogP contribution < -0.4 is 0 Å². The molecule has 2 aromatic heterocycles. The van der Waals surface area contributed by atoms with Crippen LogP contribution in [0.5, 0.6) is 0 Å². The molecule has 25 heavy (non-hydrogen) atoms. The largest absolute Gasteiger partial charge is 0.464 e. The normalized spacial score (nSPS) is 11.2. The van der Waals surface area contributed by atoms with Crippen molar-refractivity contribution in [3.8, 4) is 22.8 Å². The Labute approximate surface area is 143 Å². The van der Waals surface area contributed by atoms with Crippen molar-refractivity contribution in [3.05, 3.63) is 79.3 Å². The molecule has 0 fully saturated rings. The molecule has 0 aliphatic heterocycles. The Bertz CT molecular complexity index is 1200. The van der Waals surface area contributed by atoms with Crippen LogP contribution in [0.4, 0.5) is 0 Å². The molecular weight excluding hydrogens is 310 g/mol. The second kappa shape index (κ2) is 5.53. The molecule has 0 aliphatic rings. The van der Waals surface area contributed by atoms with Crippen molar-refractivity contribution in [1.29, 1.82) is 0 Å². The van der Waals surface area contributed by atoms with Gasteiger partial charge in [-0.15, -0.1) is 0 Å². The third-order valence-corrected chi connectivity index (χ3v) is 4.30. The molecule has 0 amide bonds. The first kappa shape index (κ1) is 13.9. The average molecular weight is 323 g/mol. The monoisotopic (exact) mass is 323 g/mol. The molecule has 0 saturated carbocycles. The zero-order valence-electron chi connectivity index (χ0n) is 13.3. The highest BCUT2D eigenvalue weighted by Crippen LogP contribution is 2.29. The molecule has 5 aromatic rings. The van der Waals surface area contributed by atoms with Crippen molar-refractivity contribution >= 4 is 21.7 Å². The van der Waals surface area contributed by atoms with Crippen molar-refractivity contribution in [3.63, 3.8) is 0 Å². The molecular formula is C21H13N3O. The number of aromatic nitrogens is 3. The molecule has 4 heteroatoms. The van der Waals surface area contributed by atoms with Crippen LogP contribution in [-0.2, 0) is 0 Å². The lowest BCUT2D eigenvalue weighted by molar-refractivity contribution is 0.619. The summed E-state index contributed by atoms with van der Waals surface area (Å²) in [5.74, 6) is 1.34. The van der Waals surface area contributed by atoms with Crippen LogP contribution >= 0.6 is 0 Å². The van der Waals surface area contributed by atoms with Crippen molar-refractivity contribution < 1.29 is 4.42 Å². The maximum atomic E-state index is 5.61. The molecule has 0 spiro atoms. The summed E-state index contributed by atoms with van der Waals surface area (Å²) >= 11 is 0. The molecule has 0 unspecified atom stereocenters. The molecule has 0 bridgehead atoms. The Morgan fingerprint density at radius 1 is 0.680 bits per heavy atom. The van der Waals surface area contributed by atoms with Gasteiger partial charge in [0.05, 0.1) is 6.26 Å². The quantitative estimate of drug-likeness (QED) is 0.453. The van der Waals surface area contributed by atoms with Crippen LogP contribution in [0, 0.1) is 0 Å². The Hall–Kier alpha value is -3.53. The summed E-state index contributed by atoms with van der Waals surface area (Å²) in [6.45, 7) is 0. The number of hydrogen-bond acceptors (Lipinski definition) is 4. The second-order valence-electron chi connectivity index (χ2n) is 5.84. The summed E-state index contributed by atoms with van der Waals surface area (Å²) in [4.78, 5) is 13.3. The van der Waals surface area contributed by atoms with Gasteiger partial charge in [0.1, 0.15) is 11.9 Å². The van der Waals surface area contributed by atoms with E-state index in [-0.39, 0.29) is 0 Å². The molecule has 0 radical (unpaired) electrons. The van der Waals surface area contributed by atoms with Crippen LogP contribution in [0.15, 0.2) is 83.7 Å². The van der Waals surface area contributed by atoms with E-state index >= 15 is 0 Å². The summed E-state index contributed by atoms with van der Waals surface area (Å²) in [7, 11) is 0. The van der Waals surface area contributed by atoms with E-state index < -0.39 is 0 Å². The molecule has 0 saturated heterocycles. The van der Waals surface area contributed by atoms with Crippen LogP contribution in [0.1, 0.15) is 0 Å². The zero-order chi connectivity index (χ0) is 16.6. The number of nitrogens with zero attached hydrogens (tertiary/aromatic N) is 3. The van der Waals surface area contributed by atoms with Gasteiger partial charge in [-0.1, -0.05) is 48.5 Å². The molecule has 0 atom stereocenters. The third-order valence-electron chi connectivity index (χ3n) is 4.30. The maximum Gasteiger partial charge on any atom is 0.163 e. The fourth-order valence-corrected chi connectivity index (χ4v) is 3.06. The van der Waals surface area contributed by atoms with Gasteiger partial charge >= 0.3 is 0 Å². The number of furan rings is 1. The summed E-state index contributed by atoms with van der Waals surface area (Å²) in [6.07, 6.45) is 3.28. The number of fused-ring (bicyclic) bond motifs is 3. The van der Waals surface area contributed by atoms with E-state index in [2.05, 4.69) is 39.2 Å². The van der Waals surface area contributed by atoms with Gasteiger partial charge in [0.25, 0.3) is 0 Å². The predicted octanol–water partition coefficient (Wildman–Crippen LogP) is 5.11. The van der Waals surface area contributed by atoms with Crippen LogP contribution in [-0.4, -0.2) is 15.0 Å². The van der Waals surface area contributed by atoms with Gasteiger partial charge in [0.15, 0.2) is 11.6 Å². The Kier molecular flexibility index (Phi) is 3.07. The number of rotatable bonds is 2. The standard InChI is InChI=1S/C21H13N3O/c1-2-4-15(5-3-1)20-22-13-23-21(24-20)17-8-9-18-16(12-17)7-6-14-10-11-25-19(14)18/h1-13H. The fourth-order valence-electron chi connectivity index (χ4n) is 3.06. The first-order valence-electron chi connectivity index (χ1n) is 8.03. The predicted molar refractivity (Wildman–Crippen MR) is 98.0 cm³/mol. The highest BCUT2D eigenvalue weighted by molar-refractivity contribution is 6.05. The van der Waals surface area contributed by atoms with Gasteiger partial charge in [-0.3, -0.25) is 0 Å². The van der Waals surface area contributed by atoms with Crippen molar-refractivity contribution in [1.82, 2.24) is 15.0 Å². The van der Waals surface area contributed by atoms with E-state index in [0.717, 1.165) is 32.9 Å². The minimum atomic E-state index is 0.662. The van der Waals surface area contributed by atoms with Gasteiger partial charge < -0.3 is 4.42 Å². The van der Waals surface area contributed by atoms with Gasteiger partial charge in [-0.25, -0.2) is 15.0 Å². The first-order chi connectivity index (χ1) is 12.4. The number of benzene rings is 3. The van der Waals surface area contributed by atoms with E-state index in [1.807, 2.05) is 42.5 Å². The second-order valence-corrected chi connectivity index (χ2v) is 5.84. The van der Waals surface area contributed by atoms with Crippen molar-refractivity contribution in [2.75, 3.05) is 0 Å². The van der Waals surface area contributed by atoms with Gasteiger partial charge in [-0.2, -0.15) is 0 Å². The number of hydrogen-bond donors (Lipinski definition) is 0. The lowest BCUT2D eigenvalue weighted by Gasteiger charge is -2.05. The van der Waals surface area contributed by atoms with E-state index in [1.165, 1.54) is 0 Å². The minimum absolute atomic E-state index is 0.662. The summed E-state index contributed by atoms with van der Waals surface area (Å²) in [5.41, 5.74) is 2.84. The first-order valence-corrected chi connectivity index (χ1v) is 8.03. The van der Waals surface area contributed by atoms with Crippen LogP contribution in [0.25, 0.3) is 44.5 Å². The minimum Gasteiger partial charge on any atom is -0.464 e. The summed E-state index contributed by atoms with van der Waals surface area (Å²) in [6, 6.07) is 22.2. The summed E-state index contributed by atoms with van der Waals surface area (Å²) in [5, 5.41) is 3.29. The average Bonchev–Trinajstić information content (AvgIpc) is 3.18. The van der Waals surface area contributed by atoms with Crippen LogP contribution in [0.3, 0.4) is 0 Å². The van der Waals surface area contributed by atoms with E-state index in [1.54, 1.807) is 12.6 Å². The highest BCUT2D eigenvalue weighted by Gasteiger charge is 2.09. The van der Waals surface area contributed by atoms with Crippen LogP contribution in [0.2, 0.25) is 0 Å². The topological polar surface area (TPSA) is 51.8 Å². The molecule has 2 heterocycles. The molecule has 118 valence electrons. The molecule has 4 nitrogen and oxygen atoms in total. The van der Waals surface area contributed by atoms with E-state index in [0.29, 0.717) is 11.6 Å². The Balaban J connectivity index is 1.64. The fraction of sp³-hybridized carbons (Fsp3) is 0. The maximum absolute atomic E-state index is 5.61. The van der Waals surface area contributed by atoms with E-state index in [9.17, 15) is 0 Å². The Morgan fingerprint density at radius 2 is 1.48 bits per heavy atom. The van der Waals surface area contributed by atoms with E-state index in [4.69, 9.17) is 4.42 Å². The van der Waals surface area contributed by atoms with Gasteiger partial charge in [-0.05, 0) is 23.6 Å². The van der Waals surface area contributed by atoms with Crippen molar-refractivity contribution in [2.45, 2.75) is 0 Å².